The molecule has 3 aromatic rings. The molecule has 0 saturated carbocycles. The molecule has 0 saturated heterocycles. The number of halogens is 1. The fourth-order valence-electron chi connectivity index (χ4n) is 4.37. The summed E-state index contributed by atoms with van der Waals surface area (Å²) in [6, 6.07) is 17.7. The number of benzene rings is 3. The van der Waals surface area contributed by atoms with E-state index >= 15 is 0 Å². The first-order valence-electron chi connectivity index (χ1n) is 14.9. The molecule has 0 bridgehead atoms. The summed E-state index contributed by atoms with van der Waals surface area (Å²) >= 11 is 6.03. The smallest absolute Gasteiger partial charge is 0.359 e. The maximum atomic E-state index is 12.9. The molecule has 2 amide bonds. The van der Waals surface area contributed by atoms with Crippen molar-refractivity contribution < 1.29 is 39.2 Å². The van der Waals surface area contributed by atoms with Gasteiger partial charge in [0.05, 0.1) is 38.2 Å². The number of nitrogens with one attached hydrogen (secondary N) is 2. The van der Waals surface area contributed by atoms with Gasteiger partial charge < -0.3 is 40.3 Å². The van der Waals surface area contributed by atoms with Crippen molar-refractivity contribution >= 4 is 35.0 Å². The molecule has 244 valence electrons. The van der Waals surface area contributed by atoms with E-state index in [1.54, 1.807) is 48.5 Å². The fraction of sp³-hybridized carbons (Fsp3) is 0.394. The Balaban J connectivity index is 1.24. The van der Waals surface area contributed by atoms with Crippen molar-refractivity contribution in [2.75, 3.05) is 43.3 Å². The molecule has 45 heavy (non-hydrogen) atoms. The van der Waals surface area contributed by atoms with E-state index in [0.29, 0.717) is 60.5 Å². The number of nitrogens with zero attached hydrogens (tertiary/aromatic N) is 1. The van der Waals surface area contributed by atoms with Crippen molar-refractivity contribution in [2.45, 2.75) is 51.9 Å². The highest BCUT2D eigenvalue weighted by molar-refractivity contribution is 6.30. The Morgan fingerprint density at radius 3 is 2.49 bits per heavy atom. The zero-order valence-corrected chi connectivity index (χ0v) is 26.2. The van der Waals surface area contributed by atoms with E-state index in [1.807, 2.05) is 6.07 Å². The van der Waals surface area contributed by atoms with Gasteiger partial charge in [0.2, 0.25) is 0 Å². The predicted molar refractivity (Wildman–Crippen MR) is 172 cm³/mol. The lowest BCUT2D eigenvalue weighted by molar-refractivity contribution is -0.141. The van der Waals surface area contributed by atoms with Crippen LogP contribution in [0.5, 0.6) is 5.75 Å². The van der Waals surface area contributed by atoms with E-state index in [9.17, 15) is 24.9 Å². The number of carbonyl (C=O) groups excluding carboxylic acids is 2. The molecule has 0 unspecified atom stereocenters. The van der Waals surface area contributed by atoms with Crippen LogP contribution >= 0.6 is 11.6 Å². The van der Waals surface area contributed by atoms with Gasteiger partial charge >= 0.3 is 12.0 Å². The summed E-state index contributed by atoms with van der Waals surface area (Å²) in [7, 11) is 0. The Kier molecular flexibility index (Phi) is 15.6. The zero-order valence-electron chi connectivity index (χ0n) is 25.4. The summed E-state index contributed by atoms with van der Waals surface area (Å²) in [6.07, 6.45) is 3.30. The number of hydrogen-bond donors (Lipinski definition) is 5. The number of phenols is 1. The van der Waals surface area contributed by atoms with Crippen molar-refractivity contribution in [3.63, 3.8) is 0 Å². The second-order valence-corrected chi connectivity index (χ2v) is 10.8. The number of hydrogen-bond acceptors (Lipinski definition) is 9. The maximum Gasteiger partial charge on any atom is 0.359 e. The molecule has 11 nitrogen and oxygen atoms in total. The molecule has 0 aliphatic carbocycles. The summed E-state index contributed by atoms with van der Waals surface area (Å²) in [5, 5.41) is 36.4. The third kappa shape index (κ3) is 13.0. The van der Waals surface area contributed by atoms with Crippen molar-refractivity contribution in [3.8, 4) is 5.75 Å². The van der Waals surface area contributed by atoms with Crippen LogP contribution in [0.1, 0.15) is 55.4 Å². The molecule has 3 rings (SSSR count). The number of carbonyl (C=O) groups is 2. The summed E-state index contributed by atoms with van der Waals surface area (Å²) in [5.41, 5.74) is 2.73. The molecular formula is C33H42ClN3O8. The van der Waals surface area contributed by atoms with Crippen LogP contribution in [0, 0.1) is 0 Å². The lowest BCUT2D eigenvalue weighted by Gasteiger charge is -2.21. The van der Waals surface area contributed by atoms with Gasteiger partial charge in [-0.05, 0) is 73.0 Å². The Morgan fingerprint density at radius 1 is 0.933 bits per heavy atom. The summed E-state index contributed by atoms with van der Waals surface area (Å²) in [6.45, 7) is 4.01. The van der Waals surface area contributed by atoms with E-state index in [0.717, 1.165) is 42.9 Å². The molecule has 0 heterocycles. The topological polar surface area (TPSA) is 150 Å². The molecule has 0 spiro atoms. The number of aliphatic hydroxyl groups excluding tert-OH is 2. The molecule has 0 aromatic heterocycles. The van der Waals surface area contributed by atoms with Gasteiger partial charge in [-0.2, -0.15) is 0 Å². The number of aliphatic hydroxyl groups is 2. The Morgan fingerprint density at radius 2 is 1.71 bits per heavy atom. The first-order valence-corrected chi connectivity index (χ1v) is 15.3. The van der Waals surface area contributed by atoms with Gasteiger partial charge in [-0.25, -0.2) is 9.59 Å². The summed E-state index contributed by atoms with van der Waals surface area (Å²) in [5.74, 6) is -0.631. The van der Waals surface area contributed by atoms with Crippen LogP contribution in [-0.4, -0.2) is 60.2 Å². The van der Waals surface area contributed by atoms with Gasteiger partial charge in [-0.1, -0.05) is 48.7 Å². The highest BCUT2D eigenvalue weighted by Gasteiger charge is 2.20. The summed E-state index contributed by atoms with van der Waals surface area (Å²) in [4.78, 5) is 29.5. The molecule has 0 fully saturated rings. The van der Waals surface area contributed by atoms with E-state index < -0.39 is 18.1 Å². The average molecular weight is 644 g/mol. The third-order valence-corrected chi connectivity index (χ3v) is 6.89. The second kappa shape index (κ2) is 19.6. The fourth-order valence-corrected chi connectivity index (χ4v) is 4.55. The van der Waals surface area contributed by atoms with Gasteiger partial charge in [-0.15, -0.1) is 5.06 Å². The van der Waals surface area contributed by atoms with E-state index in [-0.39, 0.29) is 12.4 Å². The minimum atomic E-state index is -0.707. The zero-order chi connectivity index (χ0) is 32.4. The van der Waals surface area contributed by atoms with Crippen LogP contribution in [0.25, 0.3) is 0 Å². The van der Waals surface area contributed by atoms with Crippen LogP contribution in [0.3, 0.4) is 0 Å². The molecule has 0 aliphatic heterocycles. The number of rotatable bonds is 18. The SMILES string of the molecule is CC(=O)ON(C(=O)Nc1cccc(COCCOCCCCCCNC[C@@H](O)c2ccc(O)c(CO)c2)c1)c1cccc(Cl)c1. The van der Waals surface area contributed by atoms with Crippen LogP contribution in [0.4, 0.5) is 16.2 Å². The van der Waals surface area contributed by atoms with Gasteiger partial charge in [0.15, 0.2) is 0 Å². The molecular weight excluding hydrogens is 602 g/mol. The number of ether oxygens (including phenoxy) is 2. The third-order valence-electron chi connectivity index (χ3n) is 6.65. The normalized spacial score (nSPS) is 11.6. The van der Waals surface area contributed by atoms with Crippen LogP contribution in [0.2, 0.25) is 5.02 Å². The Labute approximate surface area is 268 Å². The lowest BCUT2D eigenvalue weighted by atomic mass is 10.1. The monoisotopic (exact) mass is 643 g/mol. The first-order chi connectivity index (χ1) is 21.8. The minimum absolute atomic E-state index is 0.0199. The van der Waals surface area contributed by atoms with Gasteiger partial charge in [-0.3, -0.25) is 0 Å². The molecule has 5 N–H and O–H groups in total. The number of amides is 2. The predicted octanol–water partition coefficient (Wildman–Crippen LogP) is 5.47. The molecule has 0 aliphatic rings. The van der Waals surface area contributed by atoms with Crippen molar-refractivity contribution in [3.05, 3.63) is 88.4 Å². The van der Waals surface area contributed by atoms with Crippen molar-refractivity contribution in [1.82, 2.24) is 5.32 Å². The first kappa shape index (κ1) is 35.8. The van der Waals surface area contributed by atoms with Crippen molar-refractivity contribution in [1.29, 1.82) is 0 Å². The number of anilines is 2. The number of urea groups is 1. The largest absolute Gasteiger partial charge is 0.508 e. The molecule has 3 aromatic carbocycles. The quantitative estimate of drug-likeness (QED) is 0.0898. The highest BCUT2D eigenvalue weighted by Crippen LogP contribution is 2.23. The number of unbranched alkanes of at least 4 members (excludes halogenated alkanes) is 3. The highest BCUT2D eigenvalue weighted by atomic mass is 35.5. The maximum absolute atomic E-state index is 12.9. The van der Waals surface area contributed by atoms with E-state index in [2.05, 4.69) is 10.6 Å². The Bertz CT molecular complexity index is 1360. The van der Waals surface area contributed by atoms with Gasteiger partial charge in [0, 0.05) is 36.3 Å². The molecule has 1 atom stereocenters. The van der Waals surface area contributed by atoms with Gasteiger partial charge in [0.1, 0.15) is 5.75 Å². The standard InChI is InChI=1S/C33H42ClN3O8/c1-24(39)45-37(30-11-7-9-28(34)20-30)33(42)36-29-10-6-8-25(18-29)23-44-17-16-43-15-5-3-2-4-14-35-21-32(41)26-12-13-31(40)27(19-26)22-38/h6-13,18-20,32,35,38,40-41H,2-5,14-17,21-23H2,1H3,(H,36,42)/t32-/m1/s1. The van der Waals surface area contributed by atoms with Crippen LogP contribution in [-0.2, 0) is 32.3 Å². The summed E-state index contributed by atoms with van der Waals surface area (Å²) < 4.78 is 11.4. The number of aromatic hydroxyl groups is 1. The minimum Gasteiger partial charge on any atom is -0.508 e. The van der Waals surface area contributed by atoms with Crippen LogP contribution < -0.4 is 15.7 Å². The van der Waals surface area contributed by atoms with E-state index in [1.165, 1.54) is 19.1 Å². The average Bonchev–Trinajstić information content (AvgIpc) is 3.02. The van der Waals surface area contributed by atoms with E-state index in [4.69, 9.17) is 25.9 Å². The molecule has 0 radical (unpaired) electrons. The molecule has 12 heteroatoms. The lowest BCUT2D eigenvalue weighted by Crippen LogP contribution is -2.36. The van der Waals surface area contributed by atoms with Crippen molar-refractivity contribution in [2.24, 2.45) is 0 Å². The Hall–Kier alpha value is -3.71. The second-order valence-electron chi connectivity index (χ2n) is 10.3. The van der Waals surface area contributed by atoms with Crippen LogP contribution in [0.15, 0.2) is 66.7 Å². The number of hydroxylamine groups is 1. The van der Waals surface area contributed by atoms with Gasteiger partial charge in [0.25, 0.3) is 0 Å².